The van der Waals surface area contributed by atoms with Gasteiger partial charge in [0.05, 0.1) is 0 Å². The molecule has 1 aromatic rings. The van der Waals surface area contributed by atoms with Gasteiger partial charge in [0.1, 0.15) is 13.2 Å². The van der Waals surface area contributed by atoms with Gasteiger partial charge >= 0.3 is 0 Å². The van der Waals surface area contributed by atoms with Crippen molar-refractivity contribution in [3.63, 3.8) is 0 Å². The first-order valence-corrected chi connectivity index (χ1v) is 8.23. The second-order valence-corrected chi connectivity index (χ2v) is 7.85. The van der Waals surface area contributed by atoms with Crippen LogP contribution in [0.2, 0.25) is 0 Å². The Morgan fingerprint density at radius 1 is 1.20 bits per heavy atom. The molecule has 3 rings (SSSR count). The lowest BCUT2D eigenvalue weighted by Gasteiger charge is -2.38. The molecule has 20 heavy (non-hydrogen) atoms. The number of fused-ring (bicyclic) bond motifs is 1. The molecule has 2 unspecified atom stereocenters. The molecule has 2 atom stereocenters. The average molecular weight is 293 g/mol. The highest BCUT2D eigenvalue weighted by Gasteiger charge is 2.33. The molecule has 1 saturated carbocycles. The number of nitrogens with two attached hydrogens (primary N) is 1. The van der Waals surface area contributed by atoms with Crippen molar-refractivity contribution >= 4 is 11.8 Å². The first-order chi connectivity index (χ1) is 9.53. The SMILES string of the molecule is CC1(C)CCC(N)C(Sc2ccc3c(c2)OCCO3)C1. The molecule has 1 aliphatic heterocycles. The van der Waals surface area contributed by atoms with Gasteiger partial charge in [-0.15, -0.1) is 11.8 Å². The summed E-state index contributed by atoms with van der Waals surface area (Å²) >= 11 is 1.89. The maximum atomic E-state index is 6.31. The third kappa shape index (κ3) is 3.07. The summed E-state index contributed by atoms with van der Waals surface area (Å²) in [4.78, 5) is 1.23. The Labute approximate surface area is 125 Å². The molecule has 0 spiro atoms. The molecule has 2 aliphatic rings. The van der Waals surface area contributed by atoms with Gasteiger partial charge in [-0.1, -0.05) is 13.8 Å². The zero-order valence-electron chi connectivity index (χ0n) is 12.2. The third-order valence-corrected chi connectivity index (χ3v) is 5.53. The monoisotopic (exact) mass is 293 g/mol. The number of benzene rings is 1. The fraction of sp³-hybridized carbons (Fsp3) is 0.625. The first-order valence-electron chi connectivity index (χ1n) is 7.35. The van der Waals surface area contributed by atoms with Crippen molar-refractivity contribution in [3.05, 3.63) is 18.2 Å². The van der Waals surface area contributed by atoms with Gasteiger partial charge in [0.15, 0.2) is 11.5 Å². The van der Waals surface area contributed by atoms with E-state index in [0.717, 1.165) is 17.9 Å². The highest BCUT2D eigenvalue weighted by atomic mass is 32.2. The van der Waals surface area contributed by atoms with E-state index in [1.165, 1.54) is 17.7 Å². The van der Waals surface area contributed by atoms with E-state index in [1.54, 1.807) is 0 Å². The molecule has 3 nitrogen and oxygen atoms in total. The summed E-state index contributed by atoms with van der Waals surface area (Å²) in [6, 6.07) is 6.51. The smallest absolute Gasteiger partial charge is 0.162 e. The molecule has 0 aromatic heterocycles. The van der Waals surface area contributed by atoms with Crippen LogP contribution in [0.25, 0.3) is 0 Å². The Bertz CT molecular complexity index is 489. The number of hydrogen-bond donors (Lipinski definition) is 1. The molecule has 0 radical (unpaired) electrons. The van der Waals surface area contributed by atoms with Crippen LogP contribution in [-0.4, -0.2) is 24.5 Å². The molecule has 2 N–H and O–H groups in total. The van der Waals surface area contributed by atoms with E-state index >= 15 is 0 Å². The summed E-state index contributed by atoms with van der Waals surface area (Å²) in [5.41, 5.74) is 6.71. The number of thioether (sulfide) groups is 1. The van der Waals surface area contributed by atoms with E-state index in [1.807, 2.05) is 17.8 Å². The van der Waals surface area contributed by atoms with Gasteiger partial charge in [-0.05, 0) is 42.9 Å². The Morgan fingerprint density at radius 2 is 1.95 bits per heavy atom. The van der Waals surface area contributed by atoms with Crippen LogP contribution in [0.4, 0.5) is 0 Å². The number of rotatable bonds is 2. The highest BCUT2D eigenvalue weighted by Crippen LogP contribution is 2.43. The van der Waals surface area contributed by atoms with Gasteiger partial charge in [-0.25, -0.2) is 0 Å². The minimum Gasteiger partial charge on any atom is -0.486 e. The van der Waals surface area contributed by atoms with Crippen LogP contribution in [0.5, 0.6) is 11.5 Å². The summed E-state index contributed by atoms with van der Waals surface area (Å²) in [5, 5.41) is 0.487. The highest BCUT2D eigenvalue weighted by molar-refractivity contribution is 8.00. The number of hydrogen-bond acceptors (Lipinski definition) is 4. The fourth-order valence-corrected chi connectivity index (χ4v) is 4.46. The molecule has 110 valence electrons. The summed E-state index contributed by atoms with van der Waals surface area (Å²) < 4.78 is 11.2. The standard InChI is InChI=1S/C16H23NO2S/c1-16(2)6-5-12(17)15(10-16)20-11-3-4-13-14(9-11)19-8-7-18-13/h3-4,9,12,15H,5-8,10,17H2,1-2H3. The Kier molecular flexibility index (Phi) is 3.87. The summed E-state index contributed by atoms with van der Waals surface area (Å²) in [6.07, 6.45) is 3.52. The van der Waals surface area contributed by atoms with Crippen molar-refractivity contribution in [1.82, 2.24) is 0 Å². The molecule has 4 heteroatoms. The van der Waals surface area contributed by atoms with Gasteiger partial charge in [-0.2, -0.15) is 0 Å². The van der Waals surface area contributed by atoms with Crippen LogP contribution >= 0.6 is 11.8 Å². The summed E-state index contributed by atoms with van der Waals surface area (Å²) in [5.74, 6) is 1.72. The van der Waals surface area contributed by atoms with Crippen molar-refractivity contribution in [2.75, 3.05) is 13.2 Å². The van der Waals surface area contributed by atoms with Crippen LogP contribution in [0, 0.1) is 5.41 Å². The van der Waals surface area contributed by atoms with E-state index in [2.05, 4.69) is 26.0 Å². The second-order valence-electron chi connectivity index (χ2n) is 6.53. The molecule has 1 aliphatic carbocycles. The summed E-state index contributed by atoms with van der Waals surface area (Å²) in [7, 11) is 0. The predicted octanol–water partition coefficient (Wildman–Crippen LogP) is 3.46. The molecule has 0 amide bonds. The second kappa shape index (κ2) is 5.49. The lowest BCUT2D eigenvalue weighted by atomic mass is 9.75. The van der Waals surface area contributed by atoms with Gasteiger partial charge in [0, 0.05) is 16.2 Å². The predicted molar refractivity (Wildman–Crippen MR) is 82.7 cm³/mol. The third-order valence-electron chi connectivity index (χ3n) is 4.19. The molecule has 1 heterocycles. The van der Waals surface area contributed by atoms with E-state index in [-0.39, 0.29) is 0 Å². The van der Waals surface area contributed by atoms with Crippen molar-refractivity contribution < 1.29 is 9.47 Å². The molecule has 1 aromatic carbocycles. The van der Waals surface area contributed by atoms with Crippen molar-refractivity contribution in [3.8, 4) is 11.5 Å². The van der Waals surface area contributed by atoms with E-state index in [0.29, 0.717) is 29.9 Å². The van der Waals surface area contributed by atoms with Gasteiger partial charge in [-0.3, -0.25) is 0 Å². The largest absolute Gasteiger partial charge is 0.486 e. The van der Waals surface area contributed by atoms with Crippen LogP contribution in [-0.2, 0) is 0 Å². The van der Waals surface area contributed by atoms with Gasteiger partial charge in [0.2, 0.25) is 0 Å². The van der Waals surface area contributed by atoms with E-state index in [4.69, 9.17) is 15.2 Å². The molecular formula is C16H23NO2S. The quantitative estimate of drug-likeness (QED) is 0.907. The Morgan fingerprint density at radius 3 is 2.75 bits per heavy atom. The zero-order chi connectivity index (χ0) is 14.2. The maximum Gasteiger partial charge on any atom is 0.162 e. The topological polar surface area (TPSA) is 44.5 Å². The van der Waals surface area contributed by atoms with E-state index in [9.17, 15) is 0 Å². The van der Waals surface area contributed by atoms with Crippen LogP contribution in [0.15, 0.2) is 23.1 Å². The Balaban J connectivity index is 1.73. The molecule has 0 bridgehead atoms. The van der Waals surface area contributed by atoms with Crippen LogP contribution < -0.4 is 15.2 Å². The zero-order valence-corrected chi connectivity index (χ0v) is 13.0. The number of ether oxygens (including phenoxy) is 2. The molecule has 0 saturated heterocycles. The lowest BCUT2D eigenvalue weighted by molar-refractivity contribution is 0.171. The first kappa shape index (κ1) is 14.1. The summed E-state index contributed by atoms with van der Waals surface area (Å²) in [6.45, 7) is 5.96. The van der Waals surface area contributed by atoms with Crippen molar-refractivity contribution in [2.45, 2.75) is 49.3 Å². The average Bonchev–Trinajstić information content (AvgIpc) is 2.43. The lowest BCUT2D eigenvalue weighted by Crippen LogP contribution is -2.41. The minimum atomic E-state index is 0.293. The van der Waals surface area contributed by atoms with Crippen molar-refractivity contribution in [2.24, 2.45) is 11.1 Å². The fourth-order valence-electron chi connectivity index (χ4n) is 2.94. The van der Waals surface area contributed by atoms with Crippen molar-refractivity contribution in [1.29, 1.82) is 0 Å². The van der Waals surface area contributed by atoms with Crippen LogP contribution in [0.3, 0.4) is 0 Å². The van der Waals surface area contributed by atoms with Gasteiger partial charge in [0.25, 0.3) is 0 Å². The maximum absolute atomic E-state index is 6.31. The molecule has 1 fully saturated rings. The normalized spacial score (nSPS) is 28.1. The molecular weight excluding hydrogens is 270 g/mol. The van der Waals surface area contributed by atoms with E-state index < -0.39 is 0 Å². The minimum absolute atomic E-state index is 0.293. The Hall–Kier alpha value is -0.870. The van der Waals surface area contributed by atoms with Gasteiger partial charge < -0.3 is 15.2 Å². The van der Waals surface area contributed by atoms with Crippen LogP contribution in [0.1, 0.15) is 33.1 Å².